The Kier molecular flexibility index (Phi) is 5.49. The number of hydrogen-bond donors (Lipinski definition) is 0. The van der Waals surface area contributed by atoms with Gasteiger partial charge in [0.2, 0.25) is 0 Å². The molecule has 2 aliphatic heterocycles. The standard InChI is InChI=1S/C13H18O7S2/c1-12(5-19-11(16)20-6-12)9(14)17-3-4-18-10(15)13(2)7-21-22-8-13/h3-8H2,1-2H3. The minimum Gasteiger partial charge on any atom is -0.462 e. The highest BCUT2D eigenvalue weighted by Crippen LogP contribution is 2.43. The van der Waals surface area contributed by atoms with Gasteiger partial charge in [0, 0.05) is 11.5 Å². The van der Waals surface area contributed by atoms with E-state index >= 15 is 0 Å². The highest BCUT2D eigenvalue weighted by molar-refractivity contribution is 8.77. The molecule has 2 rings (SSSR count). The first-order valence-corrected chi connectivity index (χ1v) is 9.23. The molecule has 22 heavy (non-hydrogen) atoms. The Balaban J connectivity index is 1.69. The minimum absolute atomic E-state index is 0.00617. The lowest BCUT2D eigenvalue weighted by atomic mass is 9.93. The molecule has 7 nitrogen and oxygen atoms in total. The summed E-state index contributed by atoms with van der Waals surface area (Å²) in [6, 6.07) is 0. The van der Waals surface area contributed by atoms with Gasteiger partial charge in [-0.25, -0.2) is 4.79 Å². The Hall–Kier alpha value is -1.09. The van der Waals surface area contributed by atoms with E-state index in [1.807, 2.05) is 6.92 Å². The Labute approximate surface area is 136 Å². The van der Waals surface area contributed by atoms with Crippen LogP contribution in [0.1, 0.15) is 13.8 Å². The molecule has 9 heteroatoms. The van der Waals surface area contributed by atoms with Crippen molar-refractivity contribution in [3.63, 3.8) is 0 Å². The first-order chi connectivity index (χ1) is 10.4. The zero-order chi connectivity index (χ0) is 16.2. The topological polar surface area (TPSA) is 88.1 Å². The Morgan fingerprint density at radius 1 is 1.00 bits per heavy atom. The van der Waals surface area contributed by atoms with Gasteiger partial charge in [-0.15, -0.1) is 0 Å². The third kappa shape index (κ3) is 4.01. The molecular weight excluding hydrogens is 332 g/mol. The summed E-state index contributed by atoms with van der Waals surface area (Å²) in [5.74, 6) is 0.616. The SMILES string of the molecule is CC1(C(=O)OCCOC(=O)C2(C)CSSC2)COC(=O)OC1. The maximum atomic E-state index is 11.9. The maximum absolute atomic E-state index is 11.9. The first-order valence-electron chi connectivity index (χ1n) is 6.74. The van der Waals surface area contributed by atoms with Crippen LogP contribution in [0.15, 0.2) is 0 Å². The predicted molar refractivity (Wildman–Crippen MR) is 80.3 cm³/mol. The number of carbonyl (C=O) groups is 3. The normalized spacial score (nSPS) is 22.4. The molecule has 0 radical (unpaired) electrons. The highest BCUT2D eigenvalue weighted by Gasteiger charge is 2.42. The summed E-state index contributed by atoms with van der Waals surface area (Å²) in [5.41, 5.74) is -1.50. The molecule has 0 aromatic heterocycles. The van der Waals surface area contributed by atoms with Gasteiger partial charge >= 0.3 is 18.1 Å². The molecule has 0 saturated carbocycles. The molecule has 124 valence electrons. The maximum Gasteiger partial charge on any atom is 0.508 e. The highest BCUT2D eigenvalue weighted by atomic mass is 33.1. The second kappa shape index (κ2) is 6.99. The Morgan fingerprint density at radius 2 is 1.45 bits per heavy atom. The van der Waals surface area contributed by atoms with E-state index in [4.69, 9.17) is 9.47 Å². The van der Waals surface area contributed by atoms with E-state index in [1.165, 1.54) is 0 Å². The third-order valence-electron chi connectivity index (χ3n) is 3.39. The van der Waals surface area contributed by atoms with Gasteiger partial charge in [-0.1, -0.05) is 21.6 Å². The van der Waals surface area contributed by atoms with E-state index in [2.05, 4.69) is 9.47 Å². The molecule has 0 aromatic carbocycles. The largest absolute Gasteiger partial charge is 0.508 e. The lowest BCUT2D eigenvalue weighted by Crippen LogP contribution is -2.44. The average Bonchev–Trinajstić information content (AvgIpc) is 2.94. The van der Waals surface area contributed by atoms with Gasteiger partial charge in [-0.3, -0.25) is 9.59 Å². The van der Waals surface area contributed by atoms with Crippen LogP contribution in [0.5, 0.6) is 0 Å². The number of hydrogen-bond acceptors (Lipinski definition) is 9. The fraction of sp³-hybridized carbons (Fsp3) is 0.769. The molecule has 2 aliphatic rings. The molecule has 2 fully saturated rings. The zero-order valence-electron chi connectivity index (χ0n) is 12.4. The van der Waals surface area contributed by atoms with Gasteiger partial charge in [-0.2, -0.15) is 0 Å². The molecule has 0 aromatic rings. The summed E-state index contributed by atoms with van der Waals surface area (Å²) in [6.45, 7) is 3.25. The van der Waals surface area contributed by atoms with E-state index in [0.717, 1.165) is 11.5 Å². The predicted octanol–water partition coefficient (Wildman–Crippen LogP) is 1.65. The van der Waals surface area contributed by atoms with Gasteiger partial charge in [0.1, 0.15) is 31.8 Å². The molecule has 0 bridgehead atoms. The van der Waals surface area contributed by atoms with Crippen molar-refractivity contribution in [2.24, 2.45) is 10.8 Å². The Morgan fingerprint density at radius 3 is 1.95 bits per heavy atom. The smallest absolute Gasteiger partial charge is 0.462 e. The summed E-state index contributed by atoms with van der Waals surface area (Å²) < 4.78 is 19.6. The van der Waals surface area contributed by atoms with Gasteiger partial charge in [-0.05, 0) is 13.8 Å². The molecule has 0 N–H and O–H groups in total. The monoisotopic (exact) mass is 350 g/mol. The molecule has 2 saturated heterocycles. The van der Waals surface area contributed by atoms with Crippen molar-refractivity contribution in [1.82, 2.24) is 0 Å². The average molecular weight is 350 g/mol. The molecular formula is C13H18O7S2. The lowest BCUT2D eigenvalue weighted by molar-refractivity contribution is -0.170. The summed E-state index contributed by atoms with van der Waals surface area (Å²) in [5, 5.41) is 0. The van der Waals surface area contributed by atoms with Crippen molar-refractivity contribution in [2.45, 2.75) is 13.8 Å². The van der Waals surface area contributed by atoms with Crippen LogP contribution in [0.2, 0.25) is 0 Å². The van der Waals surface area contributed by atoms with Crippen LogP contribution in [0.4, 0.5) is 4.79 Å². The van der Waals surface area contributed by atoms with E-state index in [0.29, 0.717) is 0 Å². The van der Waals surface area contributed by atoms with Crippen molar-refractivity contribution >= 4 is 39.7 Å². The van der Waals surface area contributed by atoms with Crippen molar-refractivity contribution in [3.05, 3.63) is 0 Å². The fourth-order valence-corrected chi connectivity index (χ4v) is 5.07. The lowest BCUT2D eigenvalue weighted by Gasteiger charge is -2.29. The molecule has 2 heterocycles. The minimum atomic E-state index is -1.03. The summed E-state index contributed by atoms with van der Waals surface area (Å²) >= 11 is 0. The van der Waals surface area contributed by atoms with Crippen LogP contribution in [0.3, 0.4) is 0 Å². The number of cyclic esters (lactones) is 2. The summed E-state index contributed by atoms with van der Waals surface area (Å²) in [7, 11) is 3.29. The number of carbonyl (C=O) groups excluding carboxylic acids is 3. The van der Waals surface area contributed by atoms with Gasteiger partial charge in [0.05, 0.1) is 5.41 Å². The van der Waals surface area contributed by atoms with Gasteiger partial charge < -0.3 is 18.9 Å². The third-order valence-corrected chi connectivity index (χ3v) is 6.27. The van der Waals surface area contributed by atoms with E-state index in [-0.39, 0.29) is 32.4 Å². The Bertz CT molecular complexity index is 449. The number of ether oxygens (including phenoxy) is 4. The molecule has 0 spiro atoms. The summed E-state index contributed by atoms with van der Waals surface area (Å²) in [6.07, 6.45) is -0.792. The van der Waals surface area contributed by atoms with Crippen molar-refractivity contribution in [1.29, 1.82) is 0 Å². The van der Waals surface area contributed by atoms with Crippen LogP contribution in [0.25, 0.3) is 0 Å². The van der Waals surface area contributed by atoms with Gasteiger partial charge in [0.15, 0.2) is 0 Å². The molecule has 0 amide bonds. The zero-order valence-corrected chi connectivity index (χ0v) is 14.0. The molecule has 0 atom stereocenters. The van der Waals surface area contributed by atoms with E-state index < -0.39 is 23.0 Å². The number of rotatable bonds is 5. The van der Waals surface area contributed by atoms with Crippen molar-refractivity contribution in [3.8, 4) is 0 Å². The molecule has 0 aliphatic carbocycles. The number of esters is 2. The van der Waals surface area contributed by atoms with Crippen LogP contribution >= 0.6 is 21.6 Å². The van der Waals surface area contributed by atoms with Crippen LogP contribution in [0, 0.1) is 10.8 Å². The van der Waals surface area contributed by atoms with Crippen LogP contribution in [-0.4, -0.2) is 56.0 Å². The van der Waals surface area contributed by atoms with E-state index in [9.17, 15) is 14.4 Å². The van der Waals surface area contributed by atoms with Crippen LogP contribution in [-0.2, 0) is 28.5 Å². The quantitative estimate of drug-likeness (QED) is 0.318. The second-order valence-corrected chi connectivity index (χ2v) is 8.21. The van der Waals surface area contributed by atoms with Crippen molar-refractivity contribution in [2.75, 3.05) is 37.9 Å². The van der Waals surface area contributed by atoms with Crippen molar-refractivity contribution < 1.29 is 33.3 Å². The van der Waals surface area contributed by atoms with Crippen LogP contribution < -0.4 is 0 Å². The van der Waals surface area contributed by atoms with E-state index in [1.54, 1.807) is 28.5 Å². The van der Waals surface area contributed by atoms with Gasteiger partial charge in [0.25, 0.3) is 0 Å². The first kappa shape index (κ1) is 17.3. The summed E-state index contributed by atoms with van der Waals surface area (Å²) in [4.78, 5) is 34.7. The second-order valence-electron chi connectivity index (χ2n) is 5.74. The molecule has 0 unspecified atom stereocenters. The fourth-order valence-electron chi connectivity index (χ4n) is 1.76.